The number of anilines is 2. The van der Waals surface area contributed by atoms with E-state index in [0.717, 1.165) is 29.8 Å². The van der Waals surface area contributed by atoms with Crippen LogP contribution in [-0.4, -0.2) is 130 Å². The second-order valence-corrected chi connectivity index (χ2v) is 16.3. The molecule has 6 rings (SSSR count). The Bertz CT molecular complexity index is 2690. The minimum Gasteiger partial charge on any atom is -0.506 e. The molecule has 0 unspecified atom stereocenters. The molecule has 0 spiro atoms. The number of alkyl halides is 6. The first kappa shape index (κ1) is 57.9. The van der Waals surface area contributed by atoms with Crippen LogP contribution in [-0.2, 0) is 30.5 Å². The molecule has 4 aromatic carbocycles. The van der Waals surface area contributed by atoms with Crippen LogP contribution in [0.2, 0.25) is 0 Å². The lowest BCUT2D eigenvalue weighted by Crippen LogP contribution is -2.40. The largest absolute Gasteiger partial charge is 0.506 e. The number of benzene rings is 4. The number of nitrogens with zero attached hydrogens (tertiary/aromatic N) is 2. The SMILES string of the molecule is COc1cc(NC(=O)CCCN(C)C(=O)CCN2CCC(OC(=O)Nc3ccccc3-c3ccccc3)CC2)ccc1CNC[C@H](O)c1ccc(O)c2[nH]c(=O)ccc12.O=C(O)C(F)(F)F.O=C(O)C(F)(F)F. The first-order chi connectivity index (χ1) is 34.5. The number of fused-ring (bicyclic) bond motifs is 1. The van der Waals surface area contributed by atoms with Crippen molar-refractivity contribution in [3.63, 3.8) is 0 Å². The Morgan fingerprint density at radius 3 is 2.10 bits per heavy atom. The lowest BCUT2D eigenvalue weighted by atomic mass is 10.0. The van der Waals surface area contributed by atoms with E-state index < -0.39 is 36.5 Å². The Morgan fingerprint density at radius 2 is 1.47 bits per heavy atom. The Morgan fingerprint density at radius 1 is 0.836 bits per heavy atom. The summed E-state index contributed by atoms with van der Waals surface area (Å²) in [7, 11) is 3.29. The molecule has 8 N–H and O–H groups in total. The minimum absolute atomic E-state index is 0.00875. The number of aliphatic hydroxyl groups excluding tert-OH is 1. The van der Waals surface area contributed by atoms with Crippen molar-refractivity contribution in [2.45, 2.75) is 63.2 Å². The number of pyridine rings is 1. The summed E-state index contributed by atoms with van der Waals surface area (Å²) in [4.78, 5) is 74.4. The Balaban J connectivity index is 0.000000722. The zero-order valence-electron chi connectivity index (χ0n) is 39.4. The summed E-state index contributed by atoms with van der Waals surface area (Å²) in [6.45, 7) is 3.08. The zero-order chi connectivity index (χ0) is 53.9. The van der Waals surface area contributed by atoms with Crippen LogP contribution >= 0.6 is 0 Å². The van der Waals surface area contributed by atoms with Crippen LogP contribution in [0.15, 0.2) is 102 Å². The molecule has 18 nitrogen and oxygen atoms in total. The highest BCUT2D eigenvalue weighted by Gasteiger charge is 2.39. The third kappa shape index (κ3) is 18.8. The molecule has 0 radical (unpaired) electrons. The smallest absolute Gasteiger partial charge is 0.490 e. The molecule has 2 heterocycles. The number of aliphatic carboxylic acids is 2. The van der Waals surface area contributed by atoms with Gasteiger partial charge in [-0.25, -0.2) is 14.4 Å². The molecule has 0 aliphatic carbocycles. The van der Waals surface area contributed by atoms with Gasteiger partial charge in [0.1, 0.15) is 17.6 Å². The van der Waals surface area contributed by atoms with Gasteiger partial charge in [-0.15, -0.1) is 0 Å². The highest BCUT2D eigenvalue weighted by atomic mass is 19.4. The van der Waals surface area contributed by atoms with Gasteiger partial charge in [-0.3, -0.25) is 19.7 Å². The number of carbonyl (C=O) groups excluding carboxylic acids is 3. The fraction of sp³-hybridized carbons (Fsp3) is 0.347. The standard InChI is InChI=1S/C45H52N6O8.2C2HF3O2/c1-50(43(56)22-26-51-24-20-33(21-25-51)59-45(57)48-37-12-7-6-11-34(37)30-9-4-3-5-10-30)23-8-13-41(54)47-32-15-14-31(40(27-32)58-2)28-46-29-39(53)35-16-18-38(52)44-36(35)17-19-42(55)49-44;2*3-2(4,5)1(6)7/h3-7,9-12,14-19,27,33,39,46,52-53H,8,13,20-26,28-29H2,1-2H3,(H,47,54)(H,48,57)(H,49,55);2*(H,6,7)/t39-;;/m0../s1. The number of rotatable bonds is 17. The molecule has 1 aromatic heterocycles. The van der Waals surface area contributed by atoms with E-state index >= 15 is 0 Å². The van der Waals surface area contributed by atoms with Crippen LogP contribution in [0.4, 0.5) is 42.5 Å². The van der Waals surface area contributed by atoms with Gasteiger partial charge in [0.2, 0.25) is 17.4 Å². The predicted octanol–water partition coefficient (Wildman–Crippen LogP) is 7.28. The number of piperidine rings is 1. The van der Waals surface area contributed by atoms with Gasteiger partial charge >= 0.3 is 30.4 Å². The molecule has 0 saturated carbocycles. The van der Waals surface area contributed by atoms with Gasteiger partial charge in [-0.05, 0) is 54.7 Å². The number of halogens is 6. The van der Waals surface area contributed by atoms with Crippen LogP contribution in [0, 0.1) is 0 Å². The lowest BCUT2D eigenvalue weighted by molar-refractivity contribution is -0.193. The minimum atomic E-state index is -5.08. The first-order valence-corrected chi connectivity index (χ1v) is 22.4. The molecule has 24 heteroatoms. The van der Waals surface area contributed by atoms with E-state index in [1.54, 1.807) is 43.3 Å². The maximum absolute atomic E-state index is 12.9. The van der Waals surface area contributed by atoms with E-state index in [0.29, 0.717) is 73.4 Å². The number of aromatic hydroxyl groups is 1. The highest BCUT2D eigenvalue weighted by molar-refractivity contribution is 5.92. The number of likely N-dealkylation sites (tertiary alicyclic amines) is 1. The van der Waals surface area contributed by atoms with E-state index in [4.69, 9.17) is 29.3 Å². The molecule has 0 bridgehead atoms. The van der Waals surface area contributed by atoms with Crippen molar-refractivity contribution in [1.29, 1.82) is 0 Å². The van der Waals surface area contributed by atoms with Crippen LogP contribution < -0.4 is 26.2 Å². The van der Waals surface area contributed by atoms with Crippen molar-refractivity contribution >= 4 is 52.1 Å². The van der Waals surface area contributed by atoms with E-state index in [1.165, 1.54) is 12.1 Å². The lowest BCUT2D eigenvalue weighted by Gasteiger charge is -2.31. The number of aliphatic hydroxyl groups is 1. The number of phenols is 1. The molecule has 3 amide bonds. The summed E-state index contributed by atoms with van der Waals surface area (Å²) in [6, 6.07) is 28.8. The molecule has 1 aliphatic heterocycles. The molecule has 394 valence electrons. The van der Waals surface area contributed by atoms with Crippen molar-refractivity contribution in [1.82, 2.24) is 20.1 Å². The van der Waals surface area contributed by atoms with Crippen molar-refractivity contribution in [2.75, 3.05) is 57.5 Å². The number of carbonyl (C=O) groups is 5. The number of carboxylic acids is 2. The van der Waals surface area contributed by atoms with Crippen LogP contribution in [0.1, 0.15) is 49.3 Å². The number of aromatic amines is 1. The van der Waals surface area contributed by atoms with Crippen LogP contribution in [0.25, 0.3) is 22.0 Å². The van der Waals surface area contributed by atoms with Crippen molar-refractivity contribution in [2.24, 2.45) is 0 Å². The average Bonchev–Trinajstić information content (AvgIpc) is 3.34. The Labute approximate surface area is 413 Å². The second kappa shape index (κ2) is 27.2. The number of carboxylic acid groups (broad SMARTS) is 2. The number of hydrogen-bond acceptors (Lipinski definition) is 12. The highest BCUT2D eigenvalue weighted by Crippen LogP contribution is 2.30. The van der Waals surface area contributed by atoms with E-state index in [-0.39, 0.29) is 47.7 Å². The molecule has 1 fully saturated rings. The van der Waals surface area contributed by atoms with E-state index in [1.807, 2.05) is 60.7 Å². The van der Waals surface area contributed by atoms with Gasteiger partial charge in [-0.1, -0.05) is 60.7 Å². The Kier molecular flexibility index (Phi) is 21.6. The third-order valence-corrected chi connectivity index (χ3v) is 11.0. The number of para-hydroxylation sites is 1. The van der Waals surface area contributed by atoms with Crippen molar-refractivity contribution < 1.29 is 80.2 Å². The molecule has 1 saturated heterocycles. The van der Waals surface area contributed by atoms with E-state index in [2.05, 4.69) is 25.8 Å². The van der Waals surface area contributed by atoms with Crippen molar-refractivity contribution in [3.05, 3.63) is 119 Å². The number of hydrogen-bond donors (Lipinski definition) is 8. The van der Waals surface area contributed by atoms with Gasteiger partial charge in [0, 0.05) is 93.5 Å². The number of H-pyrrole nitrogens is 1. The Hall–Kier alpha value is -7.70. The normalized spacial score (nSPS) is 13.3. The van der Waals surface area contributed by atoms with Gasteiger partial charge in [0.05, 0.1) is 24.4 Å². The summed E-state index contributed by atoms with van der Waals surface area (Å²) in [5.41, 5.74) is 4.51. The molecular formula is C49H54F6N6O12. The summed E-state index contributed by atoms with van der Waals surface area (Å²) < 4.78 is 74.8. The van der Waals surface area contributed by atoms with Gasteiger partial charge < -0.3 is 55.3 Å². The molecule has 73 heavy (non-hydrogen) atoms. The zero-order valence-corrected chi connectivity index (χ0v) is 39.4. The number of methoxy groups -OCH3 is 1. The fourth-order valence-electron chi connectivity index (χ4n) is 7.24. The van der Waals surface area contributed by atoms with Gasteiger partial charge in [0.25, 0.3) is 0 Å². The fourth-order valence-corrected chi connectivity index (χ4v) is 7.24. The summed E-state index contributed by atoms with van der Waals surface area (Å²) >= 11 is 0. The molecule has 5 aromatic rings. The number of ether oxygens (including phenoxy) is 2. The predicted molar refractivity (Wildman–Crippen MR) is 255 cm³/mol. The van der Waals surface area contributed by atoms with E-state index in [9.17, 15) is 55.7 Å². The second-order valence-electron chi connectivity index (χ2n) is 16.3. The summed E-state index contributed by atoms with van der Waals surface area (Å²) in [5, 5.41) is 44.8. The maximum Gasteiger partial charge on any atom is 0.490 e. The monoisotopic (exact) mass is 1030 g/mol. The number of phenolic OH excluding ortho intramolecular Hbond substituents is 1. The average molecular weight is 1030 g/mol. The first-order valence-electron chi connectivity index (χ1n) is 22.4. The number of nitrogens with one attached hydrogen (secondary N) is 4. The number of aromatic nitrogens is 1. The summed E-state index contributed by atoms with van der Waals surface area (Å²) in [6.07, 6.45) is -9.27. The third-order valence-electron chi connectivity index (χ3n) is 11.0. The van der Waals surface area contributed by atoms with Gasteiger partial charge in [0.15, 0.2) is 0 Å². The quantitative estimate of drug-likeness (QED) is 0.0426. The molecule has 1 atom stereocenters. The maximum atomic E-state index is 12.9. The van der Waals surface area contributed by atoms with Crippen molar-refractivity contribution in [3.8, 4) is 22.6 Å². The van der Waals surface area contributed by atoms with Crippen LogP contribution in [0.3, 0.4) is 0 Å². The van der Waals surface area contributed by atoms with Gasteiger partial charge in [-0.2, -0.15) is 26.3 Å². The molecular weight excluding hydrogens is 979 g/mol. The number of amides is 3. The topological polar surface area (TPSA) is 260 Å². The molecule has 1 aliphatic rings. The summed E-state index contributed by atoms with van der Waals surface area (Å²) in [5.74, 6) is -5.20. The van der Waals surface area contributed by atoms with Crippen LogP contribution in [0.5, 0.6) is 11.5 Å².